The molecule has 0 aliphatic rings. The highest BCUT2D eigenvalue weighted by Crippen LogP contribution is 2.14. The number of hydrogen-bond donors (Lipinski definition) is 1. The molecule has 0 fully saturated rings. The largest absolute Gasteiger partial charge is 0.411 e. The molecule has 0 radical (unpaired) electrons. The fourth-order valence-corrected chi connectivity index (χ4v) is 1.41. The van der Waals surface area contributed by atoms with Crippen LogP contribution in [0.1, 0.15) is 30.5 Å². The lowest BCUT2D eigenvalue weighted by atomic mass is 10.4. The highest BCUT2D eigenvalue weighted by Gasteiger charge is 2.27. The molecular formula is C11H16F3N3O2. The number of hydrogen-bond acceptors (Lipinski definition) is 3. The normalized spacial score (nSPS) is 11.9. The lowest BCUT2D eigenvalue weighted by molar-refractivity contribution is -0.173. The Balaban J connectivity index is 2.34. The molecule has 1 amide bonds. The van der Waals surface area contributed by atoms with Crippen molar-refractivity contribution < 1.29 is 22.7 Å². The molecule has 0 bridgehead atoms. The summed E-state index contributed by atoms with van der Waals surface area (Å²) in [6, 6.07) is 0.0738. The molecule has 1 aromatic rings. The van der Waals surface area contributed by atoms with Crippen molar-refractivity contribution in [1.29, 1.82) is 0 Å². The van der Waals surface area contributed by atoms with Crippen molar-refractivity contribution in [2.24, 2.45) is 0 Å². The summed E-state index contributed by atoms with van der Waals surface area (Å²) in [6.07, 6.45) is -1.19. The van der Waals surface area contributed by atoms with Gasteiger partial charge in [-0.1, -0.05) is 0 Å². The van der Waals surface area contributed by atoms with Gasteiger partial charge in [-0.2, -0.15) is 13.2 Å². The molecule has 0 unspecified atom stereocenters. The van der Waals surface area contributed by atoms with E-state index in [9.17, 15) is 18.0 Å². The minimum Gasteiger partial charge on any atom is -0.370 e. The Morgan fingerprint density at radius 1 is 1.53 bits per heavy atom. The molecule has 0 saturated heterocycles. The van der Waals surface area contributed by atoms with Crippen LogP contribution in [0.5, 0.6) is 0 Å². The summed E-state index contributed by atoms with van der Waals surface area (Å²) in [4.78, 5) is 15.6. The molecule has 8 heteroatoms. The summed E-state index contributed by atoms with van der Waals surface area (Å²) in [6.45, 7) is 2.27. The van der Waals surface area contributed by atoms with E-state index in [1.54, 1.807) is 10.8 Å². The molecule has 0 atom stereocenters. The van der Waals surface area contributed by atoms with Crippen LogP contribution >= 0.6 is 0 Å². The first-order valence-corrected chi connectivity index (χ1v) is 5.77. The Hall–Kier alpha value is -1.57. The third kappa shape index (κ3) is 5.29. The highest BCUT2D eigenvalue weighted by atomic mass is 19.4. The van der Waals surface area contributed by atoms with E-state index in [1.807, 2.05) is 13.8 Å². The number of amides is 1. The molecule has 1 rings (SSSR count). The number of halogens is 3. The summed E-state index contributed by atoms with van der Waals surface area (Å²) >= 11 is 0. The molecule has 108 valence electrons. The van der Waals surface area contributed by atoms with E-state index < -0.39 is 18.7 Å². The quantitative estimate of drug-likeness (QED) is 0.807. The van der Waals surface area contributed by atoms with Gasteiger partial charge in [0.15, 0.2) is 5.82 Å². The fraction of sp³-hybridized carbons (Fsp3) is 0.636. The smallest absolute Gasteiger partial charge is 0.370 e. The second-order valence-corrected chi connectivity index (χ2v) is 4.18. The number of aromatic nitrogens is 2. The first-order valence-electron chi connectivity index (χ1n) is 5.77. The average molecular weight is 279 g/mol. The van der Waals surface area contributed by atoms with Gasteiger partial charge in [0.05, 0.1) is 6.61 Å². The number of alkyl halides is 3. The molecule has 19 heavy (non-hydrogen) atoms. The maximum atomic E-state index is 11.8. The zero-order valence-corrected chi connectivity index (χ0v) is 10.7. The number of ether oxygens (including phenoxy) is 1. The summed E-state index contributed by atoms with van der Waals surface area (Å²) < 4.78 is 41.4. The SMILES string of the molecule is CC(C)n1ccnc1C(=O)NCCOCC(F)(F)F. The van der Waals surface area contributed by atoms with Gasteiger partial charge >= 0.3 is 6.18 Å². The molecular weight excluding hydrogens is 263 g/mol. The van der Waals surface area contributed by atoms with Gasteiger partial charge in [0, 0.05) is 25.0 Å². The molecule has 1 N–H and O–H groups in total. The van der Waals surface area contributed by atoms with E-state index in [1.165, 1.54) is 6.20 Å². The van der Waals surface area contributed by atoms with E-state index >= 15 is 0 Å². The van der Waals surface area contributed by atoms with E-state index in [0.717, 1.165) is 0 Å². The summed E-state index contributed by atoms with van der Waals surface area (Å²) in [5, 5.41) is 2.45. The molecule has 1 aromatic heterocycles. The van der Waals surface area contributed by atoms with Crippen LogP contribution in [-0.4, -0.2) is 41.4 Å². The Bertz CT molecular complexity index is 416. The third-order valence-electron chi connectivity index (χ3n) is 2.23. The monoisotopic (exact) mass is 279 g/mol. The molecule has 1 heterocycles. The molecule has 0 aromatic carbocycles. The summed E-state index contributed by atoms with van der Waals surface area (Å²) in [5.74, 6) is -0.208. The summed E-state index contributed by atoms with van der Waals surface area (Å²) in [7, 11) is 0. The highest BCUT2D eigenvalue weighted by molar-refractivity contribution is 5.90. The van der Waals surface area contributed by atoms with Crippen molar-refractivity contribution >= 4 is 5.91 Å². The van der Waals surface area contributed by atoms with Crippen LogP contribution in [0.3, 0.4) is 0 Å². The lowest BCUT2D eigenvalue weighted by Gasteiger charge is -2.11. The van der Waals surface area contributed by atoms with Crippen LogP contribution in [0.15, 0.2) is 12.4 Å². The van der Waals surface area contributed by atoms with Gasteiger partial charge < -0.3 is 14.6 Å². The van der Waals surface area contributed by atoms with Gasteiger partial charge in [-0.25, -0.2) is 4.98 Å². The first-order chi connectivity index (χ1) is 8.81. The van der Waals surface area contributed by atoms with Crippen LogP contribution in [0.25, 0.3) is 0 Å². The average Bonchev–Trinajstić information content (AvgIpc) is 2.75. The lowest BCUT2D eigenvalue weighted by Crippen LogP contribution is -2.31. The molecule has 0 saturated carbocycles. The molecule has 0 aliphatic carbocycles. The predicted octanol–water partition coefficient (Wildman–Crippen LogP) is 1.77. The van der Waals surface area contributed by atoms with Gasteiger partial charge in [-0.15, -0.1) is 0 Å². The first kappa shape index (κ1) is 15.5. The van der Waals surface area contributed by atoms with Crippen molar-refractivity contribution in [3.05, 3.63) is 18.2 Å². The van der Waals surface area contributed by atoms with Gasteiger partial charge in [0.2, 0.25) is 0 Å². The standard InChI is InChI=1S/C11H16F3N3O2/c1-8(2)17-5-3-15-9(17)10(18)16-4-6-19-7-11(12,13)14/h3,5,8H,4,6-7H2,1-2H3,(H,16,18). The minimum atomic E-state index is -4.35. The molecule has 5 nitrogen and oxygen atoms in total. The predicted molar refractivity (Wildman–Crippen MR) is 61.8 cm³/mol. The topological polar surface area (TPSA) is 56.2 Å². The van der Waals surface area contributed by atoms with Crippen LogP contribution in [0, 0.1) is 0 Å². The van der Waals surface area contributed by atoms with Crippen molar-refractivity contribution in [3.63, 3.8) is 0 Å². The van der Waals surface area contributed by atoms with E-state index in [2.05, 4.69) is 15.0 Å². The van der Waals surface area contributed by atoms with Gasteiger partial charge in [0.1, 0.15) is 6.61 Å². The van der Waals surface area contributed by atoms with Crippen LogP contribution in [-0.2, 0) is 4.74 Å². The number of nitrogens with zero attached hydrogens (tertiary/aromatic N) is 2. The van der Waals surface area contributed by atoms with Gasteiger partial charge in [-0.05, 0) is 13.8 Å². The van der Waals surface area contributed by atoms with Crippen LogP contribution in [0.2, 0.25) is 0 Å². The van der Waals surface area contributed by atoms with E-state index in [4.69, 9.17) is 0 Å². The van der Waals surface area contributed by atoms with E-state index in [-0.39, 0.29) is 25.0 Å². The number of carbonyl (C=O) groups is 1. The maximum Gasteiger partial charge on any atom is 0.411 e. The second-order valence-electron chi connectivity index (χ2n) is 4.18. The second kappa shape index (κ2) is 6.55. The van der Waals surface area contributed by atoms with Crippen LogP contribution in [0.4, 0.5) is 13.2 Å². The van der Waals surface area contributed by atoms with E-state index in [0.29, 0.717) is 0 Å². The zero-order chi connectivity index (χ0) is 14.5. The Labute approximate surface area is 108 Å². The van der Waals surface area contributed by atoms with Gasteiger partial charge in [-0.3, -0.25) is 4.79 Å². The van der Waals surface area contributed by atoms with Crippen molar-refractivity contribution in [2.45, 2.75) is 26.1 Å². The fourth-order valence-electron chi connectivity index (χ4n) is 1.41. The van der Waals surface area contributed by atoms with Crippen molar-refractivity contribution in [2.75, 3.05) is 19.8 Å². The van der Waals surface area contributed by atoms with Crippen molar-refractivity contribution in [1.82, 2.24) is 14.9 Å². The number of carbonyl (C=O) groups excluding carboxylic acids is 1. The Morgan fingerprint density at radius 3 is 2.79 bits per heavy atom. The summed E-state index contributed by atoms with van der Waals surface area (Å²) in [5.41, 5.74) is 0. The Morgan fingerprint density at radius 2 is 2.21 bits per heavy atom. The number of rotatable bonds is 6. The maximum absolute atomic E-state index is 11.8. The number of imidazole rings is 1. The zero-order valence-electron chi connectivity index (χ0n) is 10.7. The third-order valence-corrected chi connectivity index (χ3v) is 2.23. The molecule has 0 aliphatic heterocycles. The van der Waals surface area contributed by atoms with Crippen molar-refractivity contribution in [3.8, 4) is 0 Å². The van der Waals surface area contributed by atoms with Gasteiger partial charge in [0.25, 0.3) is 5.91 Å². The molecule has 0 spiro atoms. The minimum absolute atomic E-state index is 0.000130. The Kier molecular flexibility index (Phi) is 5.34. The number of nitrogens with one attached hydrogen (secondary N) is 1. The van der Waals surface area contributed by atoms with Crippen LogP contribution < -0.4 is 5.32 Å².